The first-order chi connectivity index (χ1) is 16.5. The Morgan fingerprint density at radius 2 is 2.15 bits per heavy atom. The van der Waals surface area contributed by atoms with E-state index in [4.69, 9.17) is 18.9 Å². The van der Waals surface area contributed by atoms with Gasteiger partial charge in [-0.2, -0.15) is 5.26 Å². The van der Waals surface area contributed by atoms with Crippen LogP contribution in [-0.4, -0.2) is 49.4 Å². The Bertz CT molecular complexity index is 1250. The van der Waals surface area contributed by atoms with E-state index in [9.17, 15) is 10.1 Å². The zero-order valence-electron chi connectivity index (χ0n) is 19.3. The second-order valence-electron chi connectivity index (χ2n) is 7.89. The summed E-state index contributed by atoms with van der Waals surface area (Å²) in [4.78, 5) is 20.3. The Morgan fingerprint density at radius 1 is 1.32 bits per heavy atom. The zero-order valence-corrected chi connectivity index (χ0v) is 19.3. The normalized spacial score (nSPS) is 16.6. The molecule has 4 rings (SSSR count). The van der Waals surface area contributed by atoms with E-state index in [0.717, 1.165) is 17.4 Å². The van der Waals surface area contributed by atoms with Crippen molar-refractivity contribution in [2.75, 3.05) is 27.4 Å². The maximum atomic E-state index is 12.9. The summed E-state index contributed by atoms with van der Waals surface area (Å²) in [7, 11) is 3.11. The van der Waals surface area contributed by atoms with Crippen molar-refractivity contribution in [3.8, 4) is 23.3 Å². The molecule has 176 valence electrons. The van der Waals surface area contributed by atoms with Crippen molar-refractivity contribution in [1.29, 1.82) is 5.26 Å². The molecule has 3 aromatic rings. The van der Waals surface area contributed by atoms with E-state index < -0.39 is 5.91 Å². The molecular formula is C25H26N4O5. The highest BCUT2D eigenvalue weighted by Gasteiger charge is 2.19. The van der Waals surface area contributed by atoms with Gasteiger partial charge in [0.05, 0.1) is 39.7 Å². The standard InChI is InChI=1S/C25H26N4O5/c1-15(16-4-5-22(31-2)23(9-16)32-3)29-25(30)17(11-26)8-18-12-27-24-21(18)10-20(13-28-24)34-19-6-7-33-14-19/h4-5,8-10,12-13,15,19H,6-7,14H2,1-3H3,(H,27,28)(H,29,30)/b17-8+/t15-,19?/m1/s1. The van der Waals surface area contributed by atoms with Crippen molar-refractivity contribution in [2.45, 2.75) is 25.5 Å². The van der Waals surface area contributed by atoms with Crippen LogP contribution < -0.4 is 19.5 Å². The van der Waals surface area contributed by atoms with Gasteiger partial charge in [0.2, 0.25) is 0 Å². The van der Waals surface area contributed by atoms with Crippen LogP contribution in [0, 0.1) is 11.3 Å². The molecule has 1 aliphatic heterocycles. The second kappa shape index (κ2) is 10.3. The van der Waals surface area contributed by atoms with Gasteiger partial charge in [-0.15, -0.1) is 0 Å². The molecule has 2 N–H and O–H groups in total. The Hall–Kier alpha value is -4.03. The fourth-order valence-corrected chi connectivity index (χ4v) is 3.77. The van der Waals surface area contributed by atoms with Crippen LogP contribution in [0.4, 0.5) is 0 Å². The van der Waals surface area contributed by atoms with Gasteiger partial charge in [-0.1, -0.05) is 6.07 Å². The summed E-state index contributed by atoms with van der Waals surface area (Å²) in [5, 5.41) is 13.3. The van der Waals surface area contributed by atoms with Gasteiger partial charge < -0.3 is 29.2 Å². The third kappa shape index (κ3) is 4.97. The van der Waals surface area contributed by atoms with Gasteiger partial charge >= 0.3 is 0 Å². The number of ether oxygens (including phenoxy) is 4. The number of nitriles is 1. The first kappa shape index (κ1) is 23.1. The van der Waals surface area contributed by atoms with Gasteiger partial charge in [0, 0.05) is 23.6 Å². The van der Waals surface area contributed by atoms with Crippen LogP contribution in [0.1, 0.15) is 30.5 Å². The third-order valence-electron chi connectivity index (χ3n) is 5.65. The highest BCUT2D eigenvalue weighted by molar-refractivity contribution is 6.03. The average Bonchev–Trinajstić information content (AvgIpc) is 3.51. The number of aromatic amines is 1. The third-order valence-corrected chi connectivity index (χ3v) is 5.65. The zero-order chi connectivity index (χ0) is 24.1. The molecule has 1 amide bonds. The summed E-state index contributed by atoms with van der Waals surface area (Å²) in [5.41, 5.74) is 2.10. The van der Waals surface area contributed by atoms with Gasteiger partial charge in [0.1, 0.15) is 29.1 Å². The van der Waals surface area contributed by atoms with Crippen molar-refractivity contribution in [1.82, 2.24) is 15.3 Å². The molecule has 1 aromatic carbocycles. The van der Waals surface area contributed by atoms with E-state index in [1.165, 1.54) is 0 Å². The van der Waals surface area contributed by atoms with E-state index in [0.29, 0.717) is 41.7 Å². The molecule has 0 bridgehead atoms. The number of methoxy groups -OCH3 is 2. The molecule has 0 saturated carbocycles. The quantitative estimate of drug-likeness (QED) is 0.388. The molecule has 9 heteroatoms. The molecule has 1 saturated heterocycles. The van der Waals surface area contributed by atoms with E-state index in [1.54, 1.807) is 44.8 Å². The van der Waals surface area contributed by atoms with Crippen molar-refractivity contribution < 1.29 is 23.7 Å². The minimum Gasteiger partial charge on any atom is -0.493 e. The number of carbonyl (C=O) groups is 1. The van der Waals surface area contributed by atoms with Crippen molar-refractivity contribution in [2.24, 2.45) is 0 Å². The minimum atomic E-state index is -0.484. The van der Waals surface area contributed by atoms with Gasteiger partial charge in [-0.3, -0.25) is 4.79 Å². The molecule has 1 unspecified atom stereocenters. The SMILES string of the molecule is COc1ccc([C@@H](C)NC(=O)/C(C#N)=C/c2c[nH]c3ncc(OC4CCOC4)cc23)cc1OC. The van der Waals surface area contributed by atoms with Crippen LogP contribution in [0.5, 0.6) is 17.2 Å². The van der Waals surface area contributed by atoms with Crippen LogP contribution >= 0.6 is 0 Å². The Morgan fingerprint density at radius 3 is 2.85 bits per heavy atom. The summed E-state index contributed by atoms with van der Waals surface area (Å²) in [6.45, 7) is 3.07. The number of nitrogens with one attached hydrogen (secondary N) is 2. The first-order valence-corrected chi connectivity index (χ1v) is 10.9. The smallest absolute Gasteiger partial charge is 0.262 e. The number of carbonyl (C=O) groups excluding carboxylic acids is 1. The topological polar surface area (TPSA) is 118 Å². The van der Waals surface area contributed by atoms with Crippen LogP contribution in [-0.2, 0) is 9.53 Å². The monoisotopic (exact) mass is 462 g/mol. The molecule has 1 aliphatic rings. The van der Waals surface area contributed by atoms with Crippen LogP contribution in [0.25, 0.3) is 17.1 Å². The van der Waals surface area contributed by atoms with Crippen molar-refractivity contribution in [3.05, 3.63) is 53.4 Å². The molecule has 1 fully saturated rings. The number of rotatable bonds is 8. The Labute approximate surface area is 197 Å². The predicted octanol–water partition coefficient (Wildman–Crippen LogP) is 3.53. The predicted molar refractivity (Wildman–Crippen MR) is 126 cm³/mol. The van der Waals surface area contributed by atoms with E-state index in [1.807, 2.05) is 25.1 Å². The van der Waals surface area contributed by atoms with Gasteiger partial charge in [-0.05, 0) is 36.8 Å². The molecule has 9 nitrogen and oxygen atoms in total. The van der Waals surface area contributed by atoms with Crippen LogP contribution in [0.2, 0.25) is 0 Å². The van der Waals surface area contributed by atoms with Crippen LogP contribution in [0.15, 0.2) is 42.2 Å². The molecule has 0 aliphatic carbocycles. The highest BCUT2D eigenvalue weighted by atomic mass is 16.5. The lowest BCUT2D eigenvalue weighted by molar-refractivity contribution is -0.117. The second-order valence-corrected chi connectivity index (χ2v) is 7.89. The Kier molecular flexibility index (Phi) is 6.99. The highest BCUT2D eigenvalue weighted by Crippen LogP contribution is 2.30. The minimum absolute atomic E-state index is 0.00398. The van der Waals surface area contributed by atoms with Crippen molar-refractivity contribution >= 4 is 23.0 Å². The summed E-state index contributed by atoms with van der Waals surface area (Å²) in [6.07, 6.45) is 5.72. The molecule has 3 heterocycles. The number of fused-ring (bicyclic) bond motifs is 1. The van der Waals surface area contributed by atoms with Crippen LogP contribution in [0.3, 0.4) is 0 Å². The number of hydrogen-bond donors (Lipinski definition) is 2. The van der Waals surface area contributed by atoms with E-state index in [2.05, 4.69) is 15.3 Å². The number of benzene rings is 1. The van der Waals surface area contributed by atoms with Crippen molar-refractivity contribution in [3.63, 3.8) is 0 Å². The van der Waals surface area contributed by atoms with Gasteiger partial charge in [0.15, 0.2) is 11.5 Å². The van der Waals surface area contributed by atoms with Gasteiger partial charge in [0.25, 0.3) is 5.91 Å². The number of aromatic nitrogens is 2. The number of pyridine rings is 1. The van der Waals surface area contributed by atoms with Gasteiger partial charge in [-0.25, -0.2) is 4.98 Å². The lowest BCUT2D eigenvalue weighted by Crippen LogP contribution is -2.27. The summed E-state index contributed by atoms with van der Waals surface area (Å²) >= 11 is 0. The molecule has 0 radical (unpaired) electrons. The Balaban J connectivity index is 1.53. The lowest BCUT2D eigenvalue weighted by atomic mass is 10.1. The average molecular weight is 463 g/mol. The first-order valence-electron chi connectivity index (χ1n) is 10.9. The fourth-order valence-electron chi connectivity index (χ4n) is 3.77. The fraction of sp³-hybridized carbons (Fsp3) is 0.320. The lowest BCUT2D eigenvalue weighted by Gasteiger charge is -2.16. The summed E-state index contributed by atoms with van der Waals surface area (Å²) < 4.78 is 21.9. The maximum Gasteiger partial charge on any atom is 0.262 e. The molecule has 0 spiro atoms. The molecule has 2 aromatic heterocycles. The summed E-state index contributed by atoms with van der Waals surface area (Å²) in [6, 6.07) is 8.89. The number of nitrogens with zero attached hydrogens (tertiary/aromatic N) is 2. The number of hydrogen-bond acceptors (Lipinski definition) is 7. The summed E-state index contributed by atoms with van der Waals surface area (Å²) in [5.74, 6) is 1.29. The molecule has 34 heavy (non-hydrogen) atoms. The molecular weight excluding hydrogens is 436 g/mol. The maximum absolute atomic E-state index is 12.9. The number of H-pyrrole nitrogens is 1. The van der Waals surface area contributed by atoms with E-state index in [-0.39, 0.29) is 17.7 Å². The number of amides is 1. The van der Waals surface area contributed by atoms with E-state index >= 15 is 0 Å². The largest absolute Gasteiger partial charge is 0.493 e. The molecule has 2 atom stereocenters.